The lowest BCUT2D eigenvalue weighted by Crippen LogP contribution is -2.26. The summed E-state index contributed by atoms with van der Waals surface area (Å²) < 4.78 is 0. The largest absolute Gasteiger partial charge is 0.393 e. The molecule has 2 nitrogen and oxygen atoms in total. The van der Waals surface area contributed by atoms with E-state index in [2.05, 4.69) is 19.1 Å². The maximum absolute atomic E-state index is 10.3. The van der Waals surface area contributed by atoms with Gasteiger partial charge in [-0.2, -0.15) is 0 Å². The van der Waals surface area contributed by atoms with Crippen molar-refractivity contribution in [2.75, 3.05) is 0 Å². The topological polar surface area (TPSA) is 40.5 Å². The molecule has 2 N–H and O–H groups in total. The van der Waals surface area contributed by atoms with Gasteiger partial charge in [-0.25, -0.2) is 0 Å². The fourth-order valence-corrected chi connectivity index (χ4v) is 2.72. The van der Waals surface area contributed by atoms with E-state index in [-0.39, 0.29) is 5.92 Å². The second kappa shape index (κ2) is 9.95. The summed E-state index contributed by atoms with van der Waals surface area (Å²) in [4.78, 5) is 0. The van der Waals surface area contributed by atoms with E-state index in [0.29, 0.717) is 6.42 Å². The van der Waals surface area contributed by atoms with Crippen LogP contribution in [0.2, 0.25) is 0 Å². The zero-order valence-corrected chi connectivity index (χ0v) is 13.0. The number of rotatable bonds is 10. The van der Waals surface area contributed by atoms with E-state index >= 15 is 0 Å². The zero-order chi connectivity index (χ0) is 14.8. The third kappa shape index (κ3) is 7.06. The predicted molar refractivity (Wildman–Crippen MR) is 84.7 cm³/mol. The monoisotopic (exact) mass is 278 g/mol. The van der Waals surface area contributed by atoms with Crippen LogP contribution in [-0.4, -0.2) is 22.4 Å². The molecular formula is C18H30O2. The lowest BCUT2D eigenvalue weighted by atomic mass is 9.86. The average Bonchev–Trinajstić information content (AvgIpc) is 2.42. The summed E-state index contributed by atoms with van der Waals surface area (Å²) in [6, 6.07) is 10.4. The minimum Gasteiger partial charge on any atom is -0.393 e. The van der Waals surface area contributed by atoms with Crippen LogP contribution >= 0.6 is 0 Å². The van der Waals surface area contributed by atoms with Gasteiger partial charge in [0, 0.05) is 0 Å². The number of aliphatic hydroxyl groups excluding tert-OH is 2. The molecule has 2 heteroatoms. The van der Waals surface area contributed by atoms with Crippen molar-refractivity contribution in [2.45, 2.75) is 71.0 Å². The van der Waals surface area contributed by atoms with Crippen LogP contribution in [0.15, 0.2) is 30.3 Å². The molecule has 0 saturated heterocycles. The molecule has 0 bridgehead atoms. The molecule has 0 spiro atoms. The van der Waals surface area contributed by atoms with Gasteiger partial charge in [-0.1, -0.05) is 62.9 Å². The minimum absolute atomic E-state index is 0.254. The SMILES string of the molecule is CCCCCC[C@H](Cc1ccccc1)[C@H](O)C[C@H](C)O. The van der Waals surface area contributed by atoms with Crippen LogP contribution in [0, 0.1) is 5.92 Å². The standard InChI is InChI=1S/C18H30O2/c1-3-4-5-9-12-17(18(20)13-15(2)19)14-16-10-7-6-8-11-16/h6-8,10-11,15,17-20H,3-5,9,12-14H2,1-2H3/t15-,17+,18+/m0/s1. The van der Waals surface area contributed by atoms with Gasteiger partial charge in [0.2, 0.25) is 0 Å². The second-order valence-electron chi connectivity index (χ2n) is 5.95. The molecule has 1 rings (SSSR count). The van der Waals surface area contributed by atoms with E-state index < -0.39 is 12.2 Å². The van der Waals surface area contributed by atoms with Gasteiger partial charge < -0.3 is 10.2 Å². The first-order valence-electron chi connectivity index (χ1n) is 8.03. The molecule has 0 aliphatic rings. The van der Waals surface area contributed by atoms with Crippen LogP contribution < -0.4 is 0 Å². The Morgan fingerprint density at radius 1 is 1.00 bits per heavy atom. The van der Waals surface area contributed by atoms with Crippen molar-refractivity contribution in [1.82, 2.24) is 0 Å². The van der Waals surface area contributed by atoms with Gasteiger partial charge in [0.05, 0.1) is 12.2 Å². The van der Waals surface area contributed by atoms with Crippen molar-refractivity contribution < 1.29 is 10.2 Å². The van der Waals surface area contributed by atoms with E-state index in [1.165, 1.54) is 31.2 Å². The van der Waals surface area contributed by atoms with Crippen LogP contribution in [0.1, 0.15) is 57.9 Å². The molecule has 0 fully saturated rings. The predicted octanol–water partition coefficient (Wildman–Crippen LogP) is 3.95. The third-order valence-electron chi connectivity index (χ3n) is 3.90. The van der Waals surface area contributed by atoms with Crippen LogP contribution in [0.25, 0.3) is 0 Å². The van der Waals surface area contributed by atoms with Gasteiger partial charge >= 0.3 is 0 Å². The number of hydrogen-bond acceptors (Lipinski definition) is 2. The van der Waals surface area contributed by atoms with E-state index in [9.17, 15) is 10.2 Å². The lowest BCUT2D eigenvalue weighted by Gasteiger charge is -2.24. The number of hydrogen-bond donors (Lipinski definition) is 2. The van der Waals surface area contributed by atoms with E-state index in [4.69, 9.17) is 0 Å². The molecular weight excluding hydrogens is 248 g/mol. The highest BCUT2D eigenvalue weighted by Crippen LogP contribution is 2.22. The molecule has 0 radical (unpaired) electrons. The Morgan fingerprint density at radius 3 is 2.30 bits per heavy atom. The highest BCUT2D eigenvalue weighted by atomic mass is 16.3. The summed E-state index contributed by atoms with van der Waals surface area (Å²) in [6.07, 6.45) is 6.50. The van der Waals surface area contributed by atoms with Gasteiger partial charge in [-0.3, -0.25) is 0 Å². The van der Waals surface area contributed by atoms with Gasteiger partial charge in [0.15, 0.2) is 0 Å². The van der Waals surface area contributed by atoms with E-state index in [1.54, 1.807) is 6.92 Å². The summed E-state index contributed by atoms with van der Waals surface area (Å²) in [5.74, 6) is 0.254. The first kappa shape index (κ1) is 17.2. The maximum Gasteiger partial charge on any atom is 0.0596 e. The van der Waals surface area contributed by atoms with Crippen molar-refractivity contribution in [1.29, 1.82) is 0 Å². The van der Waals surface area contributed by atoms with Crippen LogP contribution in [0.5, 0.6) is 0 Å². The average molecular weight is 278 g/mol. The molecule has 20 heavy (non-hydrogen) atoms. The highest BCUT2D eigenvalue weighted by Gasteiger charge is 2.20. The molecule has 0 unspecified atom stereocenters. The summed E-state index contributed by atoms with van der Waals surface area (Å²) in [6.45, 7) is 3.96. The van der Waals surface area contributed by atoms with Gasteiger partial charge in [0.25, 0.3) is 0 Å². The summed E-state index contributed by atoms with van der Waals surface area (Å²) in [5, 5.41) is 19.8. The van der Waals surface area contributed by atoms with Crippen molar-refractivity contribution in [3.8, 4) is 0 Å². The Morgan fingerprint density at radius 2 is 1.70 bits per heavy atom. The first-order valence-corrected chi connectivity index (χ1v) is 8.03. The Bertz CT molecular complexity index is 335. The first-order chi connectivity index (χ1) is 9.63. The van der Waals surface area contributed by atoms with Crippen LogP contribution in [0.4, 0.5) is 0 Å². The summed E-state index contributed by atoms with van der Waals surface area (Å²) in [7, 11) is 0. The van der Waals surface area contributed by atoms with Gasteiger partial charge in [0.1, 0.15) is 0 Å². The molecule has 0 saturated carbocycles. The molecule has 0 aliphatic carbocycles. The van der Waals surface area contributed by atoms with Gasteiger partial charge in [-0.05, 0) is 37.7 Å². The molecule has 0 aliphatic heterocycles. The normalized spacial score (nSPS) is 15.8. The van der Waals surface area contributed by atoms with E-state index in [1.807, 2.05) is 18.2 Å². The zero-order valence-electron chi connectivity index (χ0n) is 13.0. The molecule has 0 amide bonds. The Hall–Kier alpha value is -0.860. The van der Waals surface area contributed by atoms with Crippen molar-refractivity contribution in [3.63, 3.8) is 0 Å². The molecule has 114 valence electrons. The Balaban J connectivity index is 2.53. The Kier molecular flexibility index (Phi) is 8.56. The number of benzene rings is 1. The maximum atomic E-state index is 10.3. The van der Waals surface area contributed by atoms with E-state index in [0.717, 1.165) is 12.8 Å². The van der Waals surface area contributed by atoms with Gasteiger partial charge in [-0.15, -0.1) is 0 Å². The molecule has 0 aromatic heterocycles. The van der Waals surface area contributed by atoms with Crippen molar-refractivity contribution >= 4 is 0 Å². The fraction of sp³-hybridized carbons (Fsp3) is 0.667. The second-order valence-corrected chi connectivity index (χ2v) is 5.95. The highest BCUT2D eigenvalue weighted by molar-refractivity contribution is 5.15. The van der Waals surface area contributed by atoms with Crippen molar-refractivity contribution in [3.05, 3.63) is 35.9 Å². The van der Waals surface area contributed by atoms with Crippen LogP contribution in [-0.2, 0) is 6.42 Å². The fourth-order valence-electron chi connectivity index (χ4n) is 2.72. The Labute approximate surface area is 123 Å². The summed E-state index contributed by atoms with van der Waals surface area (Å²) in [5.41, 5.74) is 1.28. The number of unbranched alkanes of at least 4 members (excludes halogenated alkanes) is 3. The minimum atomic E-state index is -0.432. The number of aliphatic hydroxyl groups is 2. The molecule has 0 heterocycles. The molecule has 3 atom stereocenters. The molecule has 1 aromatic carbocycles. The quantitative estimate of drug-likeness (QED) is 0.636. The molecule has 1 aromatic rings. The third-order valence-corrected chi connectivity index (χ3v) is 3.90. The lowest BCUT2D eigenvalue weighted by molar-refractivity contribution is 0.0462. The van der Waals surface area contributed by atoms with Crippen molar-refractivity contribution in [2.24, 2.45) is 5.92 Å². The van der Waals surface area contributed by atoms with Crippen LogP contribution in [0.3, 0.4) is 0 Å². The summed E-state index contributed by atoms with van der Waals surface area (Å²) >= 11 is 0. The smallest absolute Gasteiger partial charge is 0.0596 e.